The molecule has 4 nitrogen and oxygen atoms in total. The normalized spacial score (nSPS) is 15.8. The molecule has 1 aliphatic heterocycles. The van der Waals surface area contributed by atoms with Crippen LogP contribution in [0.3, 0.4) is 0 Å². The maximum atomic E-state index is 12.7. The van der Waals surface area contributed by atoms with Crippen LogP contribution in [0.2, 0.25) is 0 Å². The fraction of sp³-hybridized carbons (Fsp3) is 0.444. The molecule has 5 heteroatoms. The highest BCUT2D eigenvalue weighted by Gasteiger charge is 2.23. The Morgan fingerprint density at radius 3 is 2.65 bits per heavy atom. The molecule has 0 aromatic carbocycles. The molecule has 1 fully saturated rings. The van der Waals surface area contributed by atoms with Crippen LogP contribution in [0.1, 0.15) is 32.7 Å². The lowest BCUT2D eigenvalue weighted by Gasteiger charge is -2.34. The van der Waals surface area contributed by atoms with Crippen LogP contribution in [0, 0.1) is 6.92 Å². The second kappa shape index (κ2) is 7.23. The zero-order valence-electron chi connectivity index (χ0n) is 13.8. The molecule has 1 aliphatic rings. The van der Waals surface area contributed by atoms with Crippen molar-refractivity contribution in [3.8, 4) is 0 Å². The number of aryl methyl sites for hydroxylation is 2. The summed E-state index contributed by atoms with van der Waals surface area (Å²) in [6, 6.07) is 8.08. The summed E-state index contributed by atoms with van der Waals surface area (Å²) in [5.41, 5.74) is 2.39. The Morgan fingerprint density at radius 1 is 1.26 bits per heavy atom. The Bertz CT molecular complexity index is 660. The summed E-state index contributed by atoms with van der Waals surface area (Å²) < 4.78 is 0. The largest absolute Gasteiger partial charge is 0.335 e. The molecular weight excluding hydrogens is 306 g/mol. The monoisotopic (exact) mass is 329 g/mol. The van der Waals surface area contributed by atoms with Gasteiger partial charge < -0.3 is 4.90 Å². The number of thiophene rings is 1. The van der Waals surface area contributed by atoms with E-state index in [4.69, 9.17) is 0 Å². The van der Waals surface area contributed by atoms with Crippen molar-refractivity contribution in [3.05, 3.63) is 51.5 Å². The molecule has 2 aromatic rings. The summed E-state index contributed by atoms with van der Waals surface area (Å²) in [4.78, 5) is 23.5. The van der Waals surface area contributed by atoms with Crippen molar-refractivity contribution in [2.24, 2.45) is 0 Å². The zero-order chi connectivity index (χ0) is 16.2. The highest BCUT2D eigenvalue weighted by molar-refractivity contribution is 7.14. The van der Waals surface area contributed by atoms with Crippen molar-refractivity contribution in [2.45, 2.75) is 26.8 Å². The number of hydrogen-bond donors (Lipinski definition) is 0. The molecule has 0 atom stereocenters. The van der Waals surface area contributed by atoms with Gasteiger partial charge in [0.2, 0.25) is 0 Å². The van der Waals surface area contributed by atoms with E-state index >= 15 is 0 Å². The molecular formula is C18H23N3OS. The number of aromatic nitrogens is 1. The number of carbonyl (C=O) groups is 1. The van der Waals surface area contributed by atoms with Gasteiger partial charge in [0.05, 0.1) is 10.6 Å². The summed E-state index contributed by atoms with van der Waals surface area (Å²) >= 11 is 1.63. The zero-order valence-corrected chi connectivity index (χ0v) is 14.6. The first-order valence-electron chi connectivity index (χ1n) is 8.18. The predicted octanol–water partition coefficient (Wildman–Crippen LogP) is 2.97. The number of piperazine rings is 1. The number of pyridine rings is 1. The lowest BCUT2D eigenvalue weighted by atomic mass is 10.2. The Hall–Kier alpha value is -1.72. The minimum Gasteiger partial charge on any atom is -0.335 e. The van der Waals surface area contributed by atoms with Gasteiger partial charge in [0.15, 0.2) is 0 Å². The highest BCUT2D eigenvalue weighted by Crippen LogP contribution is 2.24. The molecule has 1 saturated heterocycles. The van der Waals surface area contributed by atoms with E-state index in [1.807, 2.05) is 23.2 Å². The van der Waals surface area contributed by atoms with Crippen LogP contribution < -0.4 is 0 Å². The van der Waals surface area contributed by atoms with Crippen molar-refractivity contribution in [3.63, 3.8) is 0 Å². The van der Waals surface area contributed by atoms with Crippen molar-refractivity contribution >= 4 is 17.2 Å². The second-order valence-corrected chi connectivity index (χ2v) is 7.19. The van der Waals surface area contributed by atoms with Crippen LogP contribution in [-0.2, 0) is 13.0 Å². The van der Waals surface area contributed by atoms with Gasteiger partial charge in [-0.2, -0.15) is 0 Å². The Labute approximate surface area is 141 Å². The SMILES string of the molecule is CCc1cc(C(=O)N2CCN(Cc3ccccn3)CC2)sc1C. The van der Waals surface area contributed by atoms with Gasteiger partial charge in [0, 0.05) is 43.8 Å². The van der Waals surface area contributed by atoms with E-state index in [1.165, 1.54) is 10.4 Å². The molecule has 2 aromatic heterocycles. The highest BCUT2D eigenvalue weighted by atomic mass is 32.1. The Morgan fingerprint density at radius 2 is 2.04 bits per heavy atom. The van der Waals surface area contributed by atoms with Gasteiger partial charge in [0.25, 0.3) is 5.91 Å². The topological polar surface area (TPSA) is 36.4 Å². The fourth-order valence-corrected chi connectivity index (χ4v) is 4.04. The first-order chi connectivity index (χ1) is 11.2. The van der Waals surface area contributed by atoms with E-state index in [1.54, 1.807) is 11.3 Å². The van der Waals surface area contributed by atoms with Crippen molar-refractivity contribution in [2.75, 3.05) is 26.2 Å². The predicted molar refractivity (Wildman–Crippen MR) is 93.9 cm³/mol. The van der Waals surface area contributed by atoms with Crippen molar-refractivity contribution in [1.29, 1.82) is 0 Å². The summed E-state index contributed by atoms with van der Waals surface area (Å²) in [6.45, 7) is 8.51. The second-order valence-electron chi connectivity index (χ2n) is 5.94. The Balaban J connectivity index is 1.56. The summed E-state index contributed by atoms with van der Waals surface area (Å²) in [7, 11) is 0. The van der Waals surface area contributed by atoms with Gasteiger partial charge in [-0.15, -0.1) is 11.3 Å². The lowest BCUT2D eigenvalue weighted by molar-refractivity contribution is 0.0631. The van der Waals surface area contributed by atoms with Crippen LogP contribution in [0.5, 0.6) is 0 Å². The molecule has 3 heterocycles. The standard InChI is InChI=1S/C18H23N3OS/c1-3-15-12-17(23-14(15)2)18(22)21-10-8-20(9-11-21)13-16-6-4-5-7-19-16/h4-7,12H,3,8-11,13H2,1-2H3. The molecule has 23 heavy (non-hydrogen) atoms. The van der Waals surface area contributed by atoms with Gasteiger partial charge >= 0.3 is 0 Å². The number of nitrogens with zero attached hydrogens (tertiary/aromatic N) is 3. The molecule has 0 N–H and O–H groups in total. The van der Waals surface area contributed by atoms with Gasteiger partial charge in [0.1, 0.15) is 0 Å². The van der Waals surface area contributed by atoms with E-state index in [-0.39, 0.29) is 5.91 Å². The van der Waals surface area contributed by atoms with Crippen molar-refractivity contribution in [1.82, 2.24) is 14.8 Å². The van der Waals surface area contributed by atoms with Crippen LogP contribution in [0.15, 0.2) is 30.5 Å². The third-order valence-electron chi connectivity index (χ3n) is 4.38. The first-order valence-corrected chi connectivity index (χ1v) is 9.00. The average Bonchev–Trinajstić information content (AvgIpc) is 2.97. The number of rotatable bonds is 4. The molecule has 0 spiro atoms. The summed E-state index contributed by atoms with van der Waals surface area (Å²) in [5.74, 6) is 0.190. The van der Waals surface area contributed by atoms with Gasteiger partial charge in [-0.1, -0.05) is 13.0 Å². The van der Waals surface area contributed by atoms with Gasteiger partial charge in [-0.25, -0.2) is 0 Å². The van der Waals surface area contributed by atoms with Crippen LogP contribution in [-0.4, -0.2) is 46.9 Å². The first kappa shape index (κ1) is 16.1. The molecule has 0 bridgehead atoms. The van der Waals surface area contributed by atoms with Gasteiger partial charge in [-0.3, -0.25) is 14.7 Å². The fourth-order valence-electron chi connectivity index (χ4n) is 2.96. The van der Waals surface area contributed by atoms with Crippen LogP contribution in [0.25, 0.3) is 0 Å². The minimum absolute atomic E-state index is 0.190. The van der Waals surface area contributed by atoms with E-state index in [2.05, 4.69) is 35.9 Å². The minimum atomic E-state index is 0.190. The molecule has 0 radical (unpaired) electrons. The van der Waals surface area contributed by atoms with E-state index in [9.17, 15) is 4.79 Å². The van der Waals surface area contributed by atoms with E-state index in [0.717, 1.165) is 49.7 Å². The van der Waals surface area contributed by atoms with Crippen LogP contribution >= 0.6 is 11.3 Å². The third-order valence-corrected chi connectivity index (χ3v) is 5.46. The molecule has 0 saturated carbocycles. The van der Waals surface area contributed by atoms with Crippen LogP contribution in [0.4, 0.5) is 0 Å². The number of carbonyl (C=O) groups excluding carboxylic acids is 1. The molecule has 0 unspecified atom stereocenters. The third kappa shape index (κ3) is 3.79. The summed E-state index contributed by atoms with van der Waals surface area (Å²) in [6.07, 6.45) is 2.83. The van der Waals surface area contributed by atoms with E-state index in [0.29, 0.717) is 0 Å². The molecule has 0 aliphatic carbocycles. The van der Waals surface area contributed by atoms with Gasteiger partial charge in [-0.05, 0) is 37.1 Å². The molecule has 122 valence electrons. The lowest BCUT2D eigenvalue weighted by Crippen LogP contribution is -2.48. The number of amides is 1. The summed E-state index contributed by atoms with van der Waals surface area (Å²) in [5, 5.41) is 0. The molecule has 3 rings (SSSR count). The number of hydrogen-bond acceptors (Lipinski definition) is 4. The average molecular weight is 329 g/mol. The molecule has 1 amide bonds. The van der Waals surface area contributed by atoms with Crippen molar-refractivity contribution < 1.29 is 4.79 Å². The van der Waals surface area contributed by atoms with E-state index < -0.39 is 0 Å². The maximum absolute atomic E-state index is 12.7. The maximum Gasteiger partial charge on any atom is 0.264 e. The Kier molecular flexibility index (Phi) is 5.08. The quantitative estimate of drug-likeness (QED) is 0.865. The smallest absolute Gasteiger partial charge is 0.264 e.